The number of nitrogens with one attached hydrogen (secondary N) is 4. The van der Waals surface area contributed by atoms with Crippen LogP contribution in [0.2, 0.25) is 0 Å². The summed E-state index contributed by atoms with van der Waals surface area (Å²) in [5, 5.41) is 14.3. The number of hydrogen-bond donors (Lipinski definition) is 7. The van der Waals surface area contributed by atoms with Crippen molar-refractivity contribution in [3.05, 3.63) is 35.9 Å². The number of ether oxygens (including phenoxy) is 1. The maximum Gasteiger partial charge on any atom is 0.329 e. The fourth-order valence-electron chi connectivity index (χ4n) is 3.22. The van der Waals surface area contributed by atoms with Crippen molar-refractivity contribution in [2.24, 2.45) is 16.5 Å². The number of methoxy groups -OCH3 is 1. The van der Waals surface area contributed by atoms with E-state index in [1.807, 2.05) is 6.07 Å². The second-order valence-electron chi connectivity index (χ2n) is 8.02. The topological polar surface area (TPSA) is 210 Å². The molecule has 0 bridgehead atoms. The molecule has 3 amide bonds. The van der Waals surface area contributed by atoms with Gasteiger partial charge >= 0.3 is 18.0 Å². The van der Waals surface area contributed by atoms with Crippen LogP contribution in [-0.4, -0.2) is 67.2 Å². The fourth-order valence-corrected chi connectivity index (χ4v) is 3.22. The molecule has 1 aromatic carbocycles. The molecule has 0 radical (unpaired) electrons. The van der Waals surface area contributed by atoms with E-state index in [1.165, 1.54) is 7.11 Å². The molecule has 0 aromatic heterocycles. The Hall–Kier alpha value is -3.87. The van der Waals surface area contributed by atoms with E-state index < -0.39 is 42.4 Å². The minimum Gasteiger partial charge on any atom is -0.481 e. The zero-order valence-corrected chi connectivity index (χ0v) is 20.5. The Balaban J connectivity index is 2.47. The highest BCUT2D eigenvalue weighted by Crippen LogP contribution is 2.06. The van der Waals surface area contributed by atoms with Crippen LogP contribution < -0.4 is 33.0 Å². The lowest BCUT2D eigenvalue weighted by atomic mass is 10.1. The van der Waals surface area contributed by atoms with Gasteiger partial charge in [0.2, 0.25) is 5.91 Å². The Labute approximate surface area is 210 Å². The van der Waals surface area contributed by atoms with Crippen molar-refractivity contribution in [2.45, 2.75) is 57.0 Å². The number of carbonyl (C=O) groups excluding carboxylic acids is 3. The summed E-state index contributed by atoms with van der Waals surface area (Å²) in [5.41, 5.74) is 16.0. The number of unbranched alkanes of at least 4 members (excludes halogenated alkanes) is 4. The van der Waals surface area contributed by atoms with E-state index in [1.54, 1.807) is 24.3 Å². The second-order valence-corrected chi connectivity index (χ2v) is 8.02. The van der Waals surface area contributed by atoms with Crippen LogP contribution in [0.25, 0.3) is 0 Å². The third-order valence-corrected chi connectivity index (χ3v) is 5.05. The smallest absolute Gasteiger partial charge is 0.329 e. The van der Waals surface area contributed by atoms with Crippen LogP contribution >= 0.6 is 0 Å². The number of guanidine groups is 1. The van der Waals surface area contributed by atoms with Gasteiger partial charge in [-0.15, -0.1) is 0 Å². The van der Waals surface area contributed by atoms with E-state index in [-0.39, 0.29) is 12.4 Å². The van der Waals surface area contributed by atoms with Crippen molar-refractivity contribution in [1.29, 1.82) is 0 Å². The van der Waals surface area contributed by atoms with Crippen molar-refractivity contribution in [3.63, 3.8) is 0 Å². The highest BCUT2D eigenvalue weighted by atomic mass is 16.5. The van der Waals surface area contributed by atoms with Gasteiger partial charge in [0.1, 0.15) is 12.1 Å². The lowest BCUT2D eigenvalue weighted by molar-refractivity contribution is -0.145. The van der Waals surface area contributed by atoms with Gasteiger partial charge < -0.3 is 31.9 Å². The molecule has 0 aliphatic heterocycles. The number of nitrogens with zero attached hydrogens (tertiary/aromatic N) is 1. The Morgan fingerprint density at radius 1 is 1.00 bits per heavy atom. The average Bonchev–Trinajstić information content (AvgIpc) is 2.84. The summed E-state index contributed by atoms with van der Waals surface area (Å²) < 4.78 is 4.76. The fraction of sp³-hybridized carbons (Fsp3) is 0.522. The van der Waals surface area contributed by atoms with Crippen LogP contribution in [-0.2, 0) is 25.5 Å². The van der Waals surface area contributed by atoms with Gasteiger partial charge in [0.15, 0.2) is 5.96 Å². The quantitative estimate of drug-likeness (QED) is 0.0487. The molecule has 0 fully saturated rings. The molecule has 0 aliphatic rings. The maximum absolute atomic E-state index is 12.7. The standard InChI is InChI=1S/C23H37N7O6/c1-36-21(34)18(14-16-10-6-5-7-11-16)28-20(33)17(15-19(31)32)29-30-23(35)27-13-9-4-2-3-8-12-26-22(24)25/h5-7,10-11,17-18,29H,2-4,8-9,12-15H2,1H3,(H,28,33)(H,31,32)(H4,24,25,26)(H2,27,30,35)/t17-,18-/m0/s1. The van der Waals surface area contributed by atoms with Gasteiger partial charge in [0.25, 0.3) is 0 Å². The number of carboxylic acid groups (broad SMARTS) is 1. The second kappa shape index (κ2) is 17.5. The Bertz CT molecular complexity index is 862. The zero-order valence-electron chi connectivity index (χ0n) is 20.5. The number of esters is 1. The molecule has 13 heteroatoms. The minimum absolute atomic E-state index is 0.0809. The molecular formula is C23H37N7O6. The number of rotatable bonds is 17. The molecule has 0 spiro atoms. The van der Waals surface area contributed by atoms with E-state index in [9.17, 15) is 19.2 Å². The summed E-state index contributed by atoms with van der Waals surface area (Å²) in [6, 6.07) is 6.00. The summed E-state index contributed by atoms with van der Waals surface area (Å²) in [6.45, 7) is 0.991. The number of carbonyl (C=O) groups is 4. The molecule has 2 atom stereocenters. The van der Waals surface area contributed by atoms with Gasteiger partial charge in [-0.2, -0.15) is 0 Å². The molecular weight excluding hydrogens is 470 g/mol. The van der Waals surface area contributed by atoms with Gasteiger partial charge in [-0.05, 0) is 18.4 Å². The van der Waals surface area contributed by atoms with E-state index in [0.29, 0.717) is 13.1 Å². The van der Waals surface area contributed by atoms with E-state index in [4.69, 9.17) is 21.3 Å². The van der Waals surface area contributed by atoms with Gasteiger partial charge in [-0.25, -0.2) is 15.0 Å². The summed E-state index contributed by atoms with van der Waals surface area (Å²) in [6.07, 6.45) is 3.99. The van der Waals surface area contributed by atoms with Crippen LogP contribution in [0.1, 0.15) is 44.1 Å². The maximum atomic E-state index is 12.7. The molecule has 0 unspecified atom stereocenters. The molecule has 0 saturated heterocycles. The predicted octanol–water partition coefficient (Wildman–Crippen LogP) is -0.242. The van der Waals surface area contributed by atoms with Crippen LogP contribution in [0.4, 0.5) is 4.79 Å². The Morgan fingerprint density at radius 3 is 2.31 bits per heavy atom. The summed E-state index contributed by atoms with van der Waals surface area (Å²) >= 11 is 0. The normalized spacial score (nSPS) is 12.0. The number of nitrogens with two attached hydrogens (primary N) is 2. The monoisotopic (exact) mass is 507 g/mol. The van der Waals surface area contributed by atoms with Gasteiger partial charge in [-0.3, -0.25) is 20.0 Å². The van der Waals surface area contributed by atoms with Crippen molar-refractivity contribution in [1.82, 2.24) is 21.5 Å². The first-order valence-electron chi connectivity index (χ1n) is 11.7. The largest absolute Gasteiger partial charge is 0.481 e. The van der Waals surface area contributed by atoms with Crippen molar-refractivity contribution in [3.8, 4) is 0 Å². The Kier molecular flexibility index (Phi) is 14.7. The number of hydrazine groups is 1. The van der Waals surface area contributed by atoms with Crippen LogP contribution in [0.15, 0.2) is 35.3 Å². The molecule has 36 heavy (non-hydrogen) atoms. The minimum atomic E-state index is -1.32. The number of aliphatic imine (C=N–C) groups is 1. The lowest BCUT2D eigenvalue weighted by Crippen LogP contribution is -2.57. The first kappa shape index (κ1) is 30.2. The zero-order chi connectivity index (χ0) is 26.8. The first-order chi connectivity index (χ1) is 17.2. The molecule has 1 aromatic rings. The van der Waals surface area contributed by atoms with Crippen molar-refractivity contribution < 1.29 is 29.0 Å². The van der Waals surface area contributed by atoms with Gasteiger partial charge in [0.05, 0.1) is 13.5 Å². The number of carboxylic acids is 1. The number of aliphatic carboxylic acids is 1. The number of hydrogen-bond acceptors (Lipinski definition) is 7. The van der Waals surface area contributed by atoms with E-state index >= 15 is 0 Å². The molecule has 0 aliphatic carbocycles. The van der Waals surface area contributed by atoms with Gasteiger partial charge in [-0.1, -0.05) is 49.6 Å². The molecule has 1 rings (SSSR count). The molecule has 200 valence electrons. The number of benzene rings is 1. The van der Waals surface area contributed by atoms with Crippen LogP contribution in [0, 0.1) is 0 Å². The molecule has 0 heterocycles. The third-order valence-electron chi connectivity index (χ3n) is 5.05. The number of amides is 3. The van der Waals surface area contributed by atoms with Crippen LogP contribution in [0.5, 0.6) is 0 Å². The predicted molar refractivity (Wildman–Crippen MR) is 134 cm³/mol. The SMILES string of the molecule is COC(=O)[C@H](Cc1ccccc1)NC(=O)[C@H](CC(=O)O)NNC(=O)NCCCCCCCN=C(N)N. The first-order valence-corrected chi connectivity index (χ1v) is 11.7. The third kappa shape index (κ3) is 13.7. The summed E-state index contributed by atoms with van der Waals surface area (Å²) in [7, 11) is 1.19. The lowest BCUT2D eigenvalue weighted by Gasteiger charge is -2.22. The van der Waals surface area contributed by atoms with E-state index in [0.717, 1.165) is 37.7 Å². The molecule has 13 nitrogen and oxygen atoms in total. The van der Waals surface area contributed by atoms with Gasteiger partial charge in [0, 0.05) is 19.5 Å². The Morgan fingerprint density at radius 2 is 1.67 bits per heavy atom. The average molecular weight is 508 g/mol. The van der Waals surface area contributed by atoms with Crippen molar-refractivity contribution in [2.75, 3.05) is 20.2 Å². The summed E-state index contributed by atoms with van der Waals surface area (Å²) in [4.78, 5) is 52.1. The number of urea groups is 1. The summed E-state index contributed by atoms with van der Waals surface area (Å²) in [5.74, 6) is -2.63. The van der Waals surface area contributed by atoms with Crippen LogP contribution in [0.3, 0.4) is 0 Å². The highest BCUT2D eigenvalue weighted by molar-refractivity contribution is 5.90. The van der Waals surface area contributed by atoms with Crippen molar-refractivity contribution >= 4 is 29.8 Å². The van der Waals surface area contributed by atoms with E-state index in [2.05, 4.69) is 26.5 Å². The molecule has 9 N–H and O–H groups in total. The molecule has 0 saturated carbocycles. The highest BCUT2D eigenvalue weighted by Gasteiger charge is 2.28.